The number of fused-ring (bicyclic) bond motifs is 1. The van der Waals surface area contributed by atoms with E-state index in [1.807, 2.05) is 33.8 Å². The van der Waals surface area contributed by atoms with E-state index in [1.54, 1.807) is 47.3 Å². The molecule has 3 saturated heterocycles. The first-order chi connectivity index (χ1) is 20.6. The number of carbonyl (C=O) groups excluding carboxylic acids is 3. The molecule has 236 valence electrons. The molecule has 3 aliphatic rings. The smallest absolute Gasteiger partial charge is 0.312 e. The van der Waals surface area contributed by atoms with Gasteiger partial charge in [0, 0.05) is 12.2 Å². The molecule has 0 radical (unpaired) electrons. The Hall–Kier alpha value is -3.17. The number of allylic oxidation sites excluding steroid dienone is 1. The average molecular weight is 597 g/mol. The van der Waals surface area contributed by atoms with Gasteiger partial charge in [0.1, 0.15) is 23.3 Å². The van der Waals surface area contributed by atoms with Crippen molar-refractivity contribution < 1.29 is 33.7 Å². The quantitative estimate of drug-likeness (QED) is 0.180. The first-order valence-corrected chi connectivity index (χ1v) is 15.5. The van der Waals surface area contributed by atoms with Gasteiger partial charge in [0.2, 0.25) is 5.91 Å². The van der Waals surface area contributed by atoms with E-state index in [9.17, 15) is 19.5 Å². The third-order valence-corrected chi connectivity index (χ3v) is 10.1. The van der Waals surface area contributed by atoms with Gasteiger partial charge in [-0.3, -0.25) is 14.4 Å². The van der Waals surface area contributed by atoms with Gasteiger partial charge >= 0.3 is 5.97 Å². The molecule has 4 rings (SSSR count). The number of ether oxygens (including phenoxy) is 3. The Morgan fingerprint density at radius 1 is 1.23 bits per heavy atom. The third-order valence-electron chi connectivity index (χ3n) is 10.1. The van der Waals surface area contributed by atoms with Crippen LogP contribution in [0.25, 0.3) is 0 Å². The van der Waals surface area contributed by atoms with Crippen molar-refractivity contribution in [3.05, 3.63) is 49.6 Å². The standard InChI is InChI=1S/C34H48N2O7/c1-8-11-12-13-19-42-32(40)28-27-30(38)36(26(21-37)22(4)10-3)29(34(27)20-23(5)33(28,6)43-34)31(39)35(18-9-2)24-14-16-25(41-7)17-15-24/h8-9,14-17,22-23,26-29,37H,1-2,10-13,18-21H2,3-7H3/t22-,23?,26-,27-,28-,29?,33+,34?/m0/s1. The Morgan fingerprint density at radius 3 is 2.51 bits per heavy atom. The van der Waals surface area contributed by atoms with E-state index in [2.05, 4.69) is 13.2 Å². The molecule has 8 atom stereocenters. The second-order valence-corrected chi connectivity index (χ2v) is 12.5. The van der Waals surface area contributed by atoms with Gasteiger partial charge in [0.05, 0.1) is 37.9 Å². The Bertz CT molecular complexity index is 1200. The Kier molecular flexibility index (Phi) is 10.1. The molecule has 9 heteroatoms. The number of nitrogens with zero attached hydrogens (tertiary/aromatic N) is 2. The molecule has 0 aliphatic carbocycles. The SMILES string of the molecule is C=CCCCCOC(=O)[C@@H]1[C@H]2C(=O)N([C@@H](CO)[C@@H](C)CC)C(C(=O)N(CC=C)c3ccc(OC)cc3)C23CC(C)[C@@]1(C)O3. The number of esters is 1. The lowest BCUT2D eigenvalue weighted by molar-refractivity contribution is -0.163. The fraction of sp³-hybridized carbons (Fsp3) is 0.618. The number of methoxy groups -OCH3 is 1. The zero-order valence-corrected chi connectivity index (χ0v) is 26.3. The van der Waals surface area contributed by atoms with Crippen molar-refractivity contribution in [1.82, 2.24) is 4.90 Å². The predicted molar refractivity (Wildman–Crippen MR) is 164 cm³/mol. The average Bonchev–Trinajstić information content (AvgIpc) is 3.52. The first kappa shape index (κ1) is 32.7. The third kappa shape index (κ3) is 5.50. The van der Waals surface area contributed by atoms with Crippen LogP contribution >= 0.6 is 0 Å². The number of benzene rings is 1. The summed E-state index contributed by atoms with van der Waals surface area (Å²) in [4.78, 5) is 46.3. The minimum absolute atomic E-state index is 0.103. The lowest BCUT2D eigenvalue weighted by atomic mass is 9.62. The summed E-state index contributed by atoms with van der Waals surface area (Å²) in [6.07, 6.45) is 6.95. The van der Waals surface area contributed by atoms with E-state index in [1.165, 1.54) is 0 Å². The van der Waals surface area contributed by atoms with Gasteiger partial charge in [0.25, 0.3) is 5.91 Å². The predicted octanol–water partition coefficient (Wildman–Crippen LogP) is 4.53. The molecule has 9 nitrogen and oxygen atoms in total. The molecule has 3 unspecified atom stereocenters. The van der Waals surface area contributed by atoms with Crippen LogP contribution in [0.3, 0.4) is 0 Å². The van der Waals surface area contributed by atoms with Gasteiger partial charge in [-0.05, 0) is 68.7 Å². The van der Waals surface area contributed by atoms with Crippen LogP contribution in [-0.4, -0.2) is 77.9 Å². The van der Waals surface area contributed by atoms with Gasteiger partial charge in [-0.1, -0.05) is 39.3 Å². The molecule has 3 heterocycles. The number of hydrogen-bond donors (Lipinski definition) is 1. The van der Waals surface area contributed by atoms with Crippen LogP contribution in [0.4, 0.5) is 5.69 Å². The molecule has 1 aromatic rings. The summed E-state index contributed by atoms with van der Waals surface area (Å²) in [5.41, 5.74) is -1.61. The number of likely N-dealkylation sites (tertiary alicyclic amines) is 1. The highest BCUT2D eigenvalue weighted by Crippen LogP contribution is 2.66. The van der Waals surface area contributed by atoms with Crippen LogP contribution < -0.4 is 9.64 Å². The molecule has 1 spiro atoms. The van der Waals surface area contributed by atoms with Crippen LogP contribution in [0.5, 0.6) is 5.75 Å². The lowest BCUT2D eigenvalue weighted by Crippen LogP contribution is -2.60. The molecule has 2 bridgehead atoms. The van der Waals surface area contributed by atoms with Crippen LogP contribution in [0, 0.1) is 23.7 Å². The Labute approximate surface area is 255 Å². The lowest BCUT2D eigenvalue weighted by Gasteiger charge is -2.41. The monoisotopic (exact) mass is 596 g/mol. The number of rotatable bonds is 15. The summed E-state index contributed by atoms with van der Waals surface area (Å²) in [7, 11) is 1.57. The van der Waals surface area contributed by atoms with Crippen LogP contribution in [0.15, 0.2) is 49.6 Å². The van der Waals surface area contributed by atoms with Crippen molar-refractivity contribution >= 4 is 23.5 Å². The largest absolute Gasteiger partial charge is 0.497 e. The molecule has 43 heavy (non-hydrogen) atoms. The zero-order valence-electron chi connectivity index (χ0n) is 26.3. The van der Waals surface area contributed by atoms with Crippen molar-refractivity contribution in [2.75, 3.05) is 31.8 Å². The zero-order chi connectivity index (χ0) is 31.5. The fourth-order valence-corrected chi connectivity index (χ4v) is 7.50. The number of aliphatic hydroxyl groups is 1. The maximum atomic E-state index is 14.8. The van der Waals surface area contributed by atoms with Gasteiger partial charge in [-0.25, -0.2) is 0 Å². The topological polar surface area (TPSA) is 106 Å². The molecule has 3 aliphatic heterocycles. The van der Waals surface area contributed by atoms with Crippen LogP contribution in [-0.2, 0) is 23.9 Å². The number of unbranched alkanes of at least 4 members (excludes halogenated alkanes) is 2. The maximum absolute atomic E-state index is 14.8. The van der Waals surface area contributed by atoms with E-state index in [4.69, 9.17) is 14.2 Å². The van der Waals surface area contributed by atoms with Crippen molar-refractivity contribution in [3.8, 4) is 5.75 Å². The van der Waals surface area contributed by atoms with Crippen molar-refractivity contribution in [2.45, 2.75) is 83.1 Å². The number of anilines is 1. The minimum atomic E-state index is -1.25. The summed E-state index contributed by atoms with van der Waals surface area (Å²) < 4.78 is 17.9. The summed E-state index contributed by atoms with van der Waals surface area (Å²) in [5, 5.41) is 10.6. The maximum Gasteiger partial charge on any atom is 0.312 e. The molecule has 1 aromatic carbocycles. The summed E-state index contributed by atoms with van der Waals surface area (Å²) in [6.45, 7) is 15.6. The van der Waals surface area contributed by atoms with E-state index >= 15 is 0 Å². The second kappa shape index (κ2) is 13.2. The summed E-state index contributed by atoms with van der Waals surface area (Å²) in [6, 6.07) is 5.45. The molecule has 3 fully saturated rings. The van der Waals surface area contributed by atoms with E-state index in [0.29, 0.717) is 30.7 Å². The van der Waals surface area contributed by atoms with Gasteiger partial charge in [-0.2, -0.15) is 0 Å². The highest BCUT2D eigenvalue weighted by molar-refractivity contribution is 6.05. The highest BCUT2D eigenvalue weighted by Gasteiger charge is 2.81. The van der Waals surface area contributed by atoms with Crippen molar-refractivity contribution in [2.24, 2.45) is 23.7 Å². The second-order valence-electron chi connectivity index (χ2n) is 12.5. The van der Waals surface area contributed by atoms with Gasteiger partial charge in [-0.15, -0.1) is 13.2 Å². The van der Waals surface area contributed by atoms with Crippen molar-refractivity contribution in [3.63, 3.8) is 0 Å². The molecule has 1 N–H and O–H groups in total. The van der Waals surface area contributed by atoms with Crippen molar-refractivity contribution in [1.29, 1.82) is 0 Å². The highest BCUT2D eigenvalue weighted by atomic mass is 16.6. The van der Waals surface area contributed by atoms with E-state index in [-0.39, 0.29) is 43.4 Å². The normalized spacial score (nSPS) is 30.5. The minimum Gasteiger partial charge on any atom is -0.497 e. The number of amides is 2. The van der Waals surface area contributed by atoms with E-state index in [0.717, 1.165) is 12.8 Å². The first-order valence-electron chi connectivity index (χ1n) is 15.5. The van der Waals surface area contributed by atoms with Gasteiger partial charge < -0.3 is 29.1 Å². The molecular formula is C34H48N2O7. The molecule has 0 aromatic heterocycles. The van der Waals surface area contributed by atoms with Crippen LogP contribution in [0.1, 0.15) is 59.8 Å². The summed E-state index contributed by atoms with van der Waals surface area (Å²) in [5.74, 6) is -2.48. The Morgan fingerprint density at radius 2 is 1.93 bits per heavy atom. The number of hydrogen-bond acceptors (Lipinski definition) is 7. The Balaban J connectivity index is 1.80. The number of carbonyl (C=O) groups is 3. The molecular weight excluding hydrogens is 548 g/mol. The molecule has 0 saturated carbocycles. The molecule has 2 amide bonds. The fourth-order valence-electron chi connectivity index (χ4n) is 7.50. The number of aliphatic hydroxyl groups excluding tert-OH is 1. The summed E-state index contributed by atoms with van der Waals surface area (Å²) >= 11 is 0. The van der Waals surface area contributed by atoms with E-state index < -0.39 is 41.1 Å². The van der Waals surface area contributed by atoms with Crippen LogP contribution in [0.2, 0.25) is 0 Å². The van der Waals surface area contributed by atoms with Gasteiger partial charge in [0.15, 0.2) is 0 Å².